The van der Waals surface area contributed by atoms with Crippen LogP contribution in [0.5, 0.6) is 5.75 Å². The van der Waals surface area contributed by atoms with E-state index in [4.69, 9.17) is 4.74 Å². The Kier molecular flexibility index (Phi) is 3.99. The van der Waals surface area contributed by atoms with Crippen LogP contribution in [0.25, 0.3) is 0 Å². The van der Waals surface area contributed by atoms with E-state index in [1.807, 2.05) is 12.1 Å². The number of nitrogens with zero attached hydrogens (tertiary/aromatic N) is 1. The van der Waals surface area contributed by atoms with Crippen molar-refractivity contribution in [3.8, 4) is 5.75 Å². The topological polar surface area (TPSA) is 12.2 Å². The molecule has 0 fully saturated rings. The summed E-state index contributed by atoms with van der Waals surface area (Å²) in [4.78, 5) is 0. The molecular weight excluding hydrogens is 354 g/mol. The van der Waals surface area contributed by atoms with Crippen molar-refractivity contribution < 1.29 is 9.31 Å². The molecule has 1 heterocycles. The van der Waals surface area contributed by atoms with Crippen LogP contribution in [0, 0.1) is 0 Å². The van der Waals surface area contributed by atoms with Crippen molar-refractivity contribution in [1.29, 1.82) is 0 Å². The molecule has 0 N–H and O–H groups in total. The third-order valence-corrected chi connectivity index (χ3v) is 6.56. The van der Waals surface area contributed by atoms with Crippen molar-refractivity contribution in [3.63, 3.8) is 0 Å². The van der Waals surface area contributed by atoms with Crippen molar-refractivity contribution in [1.82, 2.24) is 0 Å². The lowest BCUT2D eigenvalue weighted by molar-refractivity contribution is -0.501. The highest BCUT2D eigenvalue weighted by molar-refractivity contribution is 5.87. The van der Waals surface area contributed by atoms with Gasteiger partial charge < -0.3 is 4.74 Å². The second kappa shape index (κ2) is 6.45. The minimum Gasteiger partial charge on any atom is -0.497 e. The van der Waals surface area contributed by atoms with E-state index in [9.17, 15) is 0 Å². The first-order valence-electron chi connectivity index (χ1n) is 10.2. The van der Waals surface area contributed by atoms with Gasteiger partial charge in [-0.15, -0.1) is 0 Å². The fraction of sp³-hybridized carbons (Fsp3) is 0.222. The number of rotatable bonds is 3. The Morgan fingerprint density at radius 1 is 0.828 bits per heavy atom. The second-order valence-corrected chi connectivity index (χ2v) is 8.41. The summed E-state index contributed by atoms with van der Waals surface area (Å²) < 4.78 is 7.81. The van der Waals surface area contributed by atoms with E-state index in [0.29, 0.717) is 0 Å². The third-order valence-electron chi connectivity index (χ3n) is 6.56. The van der Waals surface area contributed by atoms with Gasteiger partial charge in [-0.2, -0.15) is 4.58 Å². The number of benzene rings is 3. The average molecular weight is 381 g/mol. The molecule has 3 aromatic rings. The predicted molar refractivity (Wildman–Crippen MR) is 119 cm³/mol. The lowest BCUT2D eigenvalue weighted by atomic mass is 9.63. The van der Waals surface area contributed by atoms with Crippen LogP contribution in [0.2, 0.25) is 0 Å². The van der Waals surface area contributed by atoms with Gasteiger partial charge in [-0.1, -0.05) is 60.7 Å². The Morgan fingerprint density at radius 2 is 1.52 bits per heavy atom. The Hall–Kier alpha value is -3.13. The molecule has 2 nitrogen and oxygen atoms in total. The van der Waals surface area contributed by atoms with Crippen LogP contribution in [-0.2, 0) is 11.8 Å². The molecule has 0 radical (unpaired) electrons. The summed E-state index contributed by atoms with van der Waals surface area (Å²) in [6, 6.07) is 28.2. The first kappa shape index (κ1) is 17.9. The van der Waals surface area contributed by atoms with Crippen LogP contribution in [0.3, 0.4) is 0 Å². The van der Waals surface area contributed by atoms with Crippen molar-refractivity contribution in [3.05, 3.63) is 107 Å². The molecule has 2 aliphatic rings. The highest BCUT2D eigenvalue weighted by Crippen LogP contribution is 2.52. The third kappa shape index (κ3) is 2.52. The largest absolute Gasteiger partial charge is 0.497 e. The van der Waals surface area contributed by atoms with Gasteiger partial charge in [-0.3, -0.25) is 0 Å². The first-order valence-corrected chi connectivity index (χ1v) is 10.2. The zero-order valence-electron chi connectivity index (χ0n) is 17.2. The van der Waals surface area contributed by atoms with E-state index in [1.54, 1.807) is 7.11 Å². The van der Waals surface area contributed by atoms with Gasteiger partial charge in [0.1, 0.15) is 11.2 Å². The maximum Gasteiger partial charge on any atom is 0.205 e. The Labute approximate surface area is 172 Å². The number of methoxy groups -OCH3 is 1. The minimum absolute atomic E-state index is 0.141. The average Bonchev–Trinajstić information content (AvgIpc) is 3.03. The smallest absolute Gasteiger partial charge is 0.205 e. The molecule has 0 spiro atoms. The Balaban J connectivity index is 1.81. The standard InChI is InChI=1S/C27H26NO/c1-26(2)25-18-13-20-9-7-8-12-24(20)27(25,21-10-5-4-6-11-21)19-28(26)22-14-16-23(29-3)17-15-22/h4-12,14-19H,13H2,1-3H3/q+1/t27-/m1/s1. The minimum atomic E-state index is -0.250. The van der Waals surface area contributed by atoms with E-state index in [0.717, 1.165) is 12.2 Å². The van der Waals surface area contributed by atoms with Crippen molar-refractivity contribution in [2.24, 2.45) is 0 Å². The number of hydrogen-bond donors (Lipinski definition) is 0. The molecule has 3 aromatic carbocycles. The van der Waals surface area contributed by atoms with E-state index >= 15 is 0 Å². The zero-order valence-corrected chi connectivity index (χ0v) is 17.2. The number of ether oxygens (including phenoxy) is 1. The highest BCUT2D eigenvalue weighted by Gasteiger charge is 2.58. The number of allylic oxidation sites excluding steroid dienone is 1. The zero-order chi connectivity index (χ0) is 20.1. The monoisotopic (exact) mass is 380 g/mol. The molecule has 2 heteroatoms. The molecular formula is C27H26NO+. The lowest BCUT2D eigenvalue weighted by Gasteiger charge is -2.35. The Bertz CT molecular complexity index is 1120. The lowest BCUT2D eigenvalue weighted by Crippen LogP contribution is -2.39. The van der Waals surface area contributed by atoms with Crippen molar-refractivity contribution in [2.45, 2.75) is 31.2 Å². The predicted octanol–water partition coefficient (Wildman–Crippen LogP) is 5.67. The van der Waals surface area contributed by atoms with E-state index in [2.05, 4.69) is 97.4 Å². The van der Waals surface area contributed by atoms with Crippen molar-refractivity contribution >= 4 is 11.9 Å². The van der Waals surface area contributed by atoms with Crippen LogP contribution in [-0.4, -0.2) is 23.4 Å². The fourth-order valence-corrected chi connectivity index (χ4v) is 5.18. The summed E-state index contributed by atoms with van der Waals surface area (Å²) in [6.07, 6.45) is 5.87. The molecule has 0 bridgehead atoms. The Morgan fingerprint density at radius 3 is 2.24 bits per heavy atom. The van der Waals surface area contributed by atoms with Crippen LogP contribution >= 0.6 is 0 Å². The fourth-order valence-electron chi connectivity index (χ4n) is 5.18. The van der Waals surface area contributed by atoms with Crippen LogP contribution in [0.1, 0.15) is 30.5 Å². The summed E-state index contributed by atoms with van der Waals surface area (Å²) >= 11 is 0. The summed E-state index contributed by atoms with van der Waals surface area (Å²) in [6.45, 7) is 4.66. The van der Waals surface area contributed by atoms with E-state index < -0.39 is 0 Å². The molecule has 1 atom stereocenters. The molecule has 0 saturated carbocycles. The van der Waals surface area contributed by atoms with Gasteiger partial charge in [-0.25, -0.2) is 0 Å². The SMILES string of the molecule is COc1ccc([N+]2=C[C@]3(c4ccccc4)C(=CCc4ccccc43)C2(C)C)cc1. The molecule has 0 aromatic heterocycles. The normalized spacial score (nSPS) is 21.6. The maximum atomic E-state index is 5.37. The van der Waals surface area contributed by atoms with Gasteiger partial charge in [0, 0.05) is 31.6 Å². The summed E-state index contributed by atoms with van der Waals surface area (Å²) in [5, 5.41) is 0. The number of hydrogen-bond acceptors (Lipinski definition) is 1. The second-order valence-electron chi connectivity index (χ2n) is 8.41. The molecule has 29 heavy (non-hydrogen) atoms. The van der Waals surface area contributed by atoms with E-state index in [1.165, 1.54) is 28.0 Å². The van der Waals surface area contributed by atoms with Gasteiger partial charge in [0.2, 0.25) is 5.69 Å². The molecule has 0 unspecified atom stereocenters. The van der Waals surface area contributed by atoms with Gasteiger partial charge >= 0.3 is 0 Å². The molecule has 1 aliphatic carbocycles. The molecule has 144 valence electrons. The van der Waals surface area contributed by atoms with E-state index in [-0.39, 0.29) is 11.0 Å². The molecule has 1 aliphatic heterocycles. The van der Waals surface area contributed by atoms with Crippen molar-refractivity contribution in [2.75, 3.05) is 7.11 Å². The van der Waals surface area contributed by atoms with Crippen LogP contribution in [0.15, 0.2) is 90.5 Å². The molecule has 0 amide bonds. The highest BCUT2D eigenvalue weighted by atomic mass is 16.5. The van der Waals surface area contributed by atoms with Crippen LogP contribution < -0.4 is 4.74 Å². The van der Waals surface area contributed by atoms with Gasteiger partial charge in [0.05, 0.1) is 7.11 Å². The summed E-state index contributed by atoms with van der Waals surface area (Å²) in [5.74, 6) is 0.880. The summed E-state index contributed by atoms with van der Waals surface area (Å²) in [5.41, 5.74) is 6.36. The summed E-state index contributed by atoms with van der Waals surface area (Å²) in [7, 11) is 1.71. The molecule has 5 rings (SSSR count). The van der Waals surface area contributed by atoms with Gasteiger partial charge in [0.25, 0.3) is 0 Å². The van der Waals surface area contributed by atoms with Crippen LogP contribution in [0.4, 0.5) is 5.69 Å². The van der Waals surface area contributed by atoms with Gasteiger partial charge in [0.15, 0.2) is 11.8 Å². The first-order chi connectivity index (χ1) is 14.1. The number of fused-ring (bicyclic) bond motifs is 3. The molecule has 0 saturated heterocycles. The quantitative estimate of drug-likeness (QED) is 0.421. The maximum absolute atomic E-state index is 5.37. The van der Waals surface area contributed by atoms with Gasteiger partial charge in [-0.05, 0) is 35.2 Å².